The van der Waals surface area contributed by atoms with Crippen LogP contribution in [0.2, 0.25) is 0 Å². The second-order valence-corrected chi connectivity index (χ2v) is 8.38. The highest BCUT2D eigenvalue weighted by molar-refractivity contribution is 7.89. The number of ether oxygens (including phenoxy) is 2. The highest BCUT2D eigenvalue weighted by atomic mass is 32.2. The highest BCUT2D eigenvalue weighted by Gasteiger charge is 2.38. The van der Waals surface area contributed by atoms with Gasteiger partial charge in [-0.05, 0) is 36.4 Å². The summed E-state index contributed by atoms with van der Waals surface area (Å²) in [5.74, 6) is 1.38. The molecule has 2 aromatic carbocycles. The molecule has 9 heteroatoms. The van der Waals surface area contributed by atoms with Crippen LogP contribution >= 0.6 is 0 Å². The molecule has 0 saturated carbocycles. The van der Waals surface area contributed by atoms with E-state index in [4.69, 9.17) is 9.47 Å². The van der Waals surface area contributed by atoms with Gasteiger partial charge in [-0.15, -0.1) is 5.10 Å². The first-order valence-electron chi connectivity index (χ1n) is 8.79. The van der Waals surface area contributed by atoms with Gasteiger partial charge >= 0.3 is 0 Å². The molecule has 1 aliphatic rings. The Morgan fingerprint density at radius 1 is 1.04 bits per heavy atom. The number of sulfonamides is 1. The van der Waals surface area contributed by atoms with Crippen molar-refractivity contribution in [2.45, 2.75) is 17.5 Å². The lowest BCUT2D eigenvalue weighted by Crippen LogP contribution is -2.50. The minimum atomic E-state index is -3.52. The van der Waals surface area contributed by atoms with Crippen LogP contribution in [0.5, 0.6) is 11.5 Å². The van der Waals surface area contributed by atoms with Gasteiger partial charge in [-0.2, -0.15) is 4.31 Å². The van der Waals surface area contributed by atoms with Crippen LogP contribution in [0.3, 0.4) is 0 Å². The molecule has 0 bridgehead atoms. The van der Waals surface area contributed by atoms with E-state index in [2.05, 4.69) is 10.3 Å². The highest BCUT2D eigenvalue weighted by Crippen LogP contribution is 2.28. The van der Waals surface area contributed by atoms with Crippen LogP contribution in [0, 0.1) is 0 Å². The second-order valence-electron chi connectivity index (χ2n) is 6.44. The standard InChI is InChI=1S/C19H20N4O4S/c1-26-17-7-9-19(10-8-17)28(24,25)22-12-16(13-22)23-11-15(20-21-23)14-27-18-5-3-2-4-6-18/h2-11,16H,12-14H2,1H3. The van der Waals surface area contributed by atoms with Gasteiger partial charge in [-0.3, -0.25) is 0 Å². The zero-order valence-electron chi connectivity index (χ0n) is 15.3. The van der Waals surface area contributed by atoms with E-state index in [9.17, 15) is 8.42 Å². The van der Waals surface area contributed by atoms with Crippen molar-refractivity contribution in [1.82, 2.24) is 19.3 Å². The Bertz CT molecular complexity index is 1030. The van der Waals surface area contributed by atoms with Gasteiger partial charge in [0, 0.05) is 13.1 Å². The molecule has 8 nitrogen and oxygen atoms in total. The summed E-state index contributed by atoms with van der Waals surface area (Å²) in [6.07, 6.45) is 1.80. The fraction of sp³-hybridized carbons (Fsp3) is 0.263. The molecule has 1 saturated heterocycles. The molecule has 0 aliphatic carbocycles. The summed E-state index contributed by atoms with van der Waals surface area (Å²) in [6, 6.07) is 15.8. The van der Waals surface area contributed by atoms with Crippen LogP contribution in [0.4, 0.5) is 0 Å². The maximum absolute atomic E-state index is 12.7. The van der Waals surface area contributed by atoms with Crippen molar-refractivity contribution in [2.75, 3.05) is 20.2 Å². The van der Waals surface area contributed by atoms with E-state index in [0.717, 1.165) is 5.75 Å². The van der Waals surface area contributed by atoms with E-state index in [1.54, 1.807) is 42.3 Å². The predicted octanol–water partition coefficient (Wildman–Crippen LogP) is 2.11. The lowest BCUT2D eigenvalue weighted by molar-refractivity contribution is 0.188. The monoisotopic (exact) mass is 400 g/mol. The molecule has 0 spiro atoms. The summed E-state index contributed by atoms with van der Waals surface area (Å²) in [5.41, 5.74) is 0.695. The summed E-state index contributed by atoms with van der Waals surface area (Å²) < 4.78 is 39.2. The van der Waals surface area contributed by atoms with Crippen molar-refractivity contribution >= 4 is 10.0 Å². The largest absolute Gasteiger partial charge is 0.497 e. The minimum Gasteiger partial charge on any atom is -0.497 e. The molecule has 4 rings (SSSR count). The maximum Gasteiger partial charge on any atom is 0.243 e. The molecule has 2 heterocycles. The molecule has 0 amide bonds. The van der Waals surface area contributed by atoms with Gasteiger partial charge in [0.15, 0.2) is 0 Å². The smallest absolute Gasteiger partial charge is 0.243 e. The summed E-state index contributed by atoms with van der Waals surface area (Å²) in [5, 5.41) is 8.22. The van der Waals surface area contributed by atoms with Crippen LogP contribution in [0.25, 0.3) is 0 Å². The van der Waals surface area contributed by atoms with Crippen molar-refractivity contribution in [3.63, 3.8) is 0 Å². The number of rotatable bonds is 7. The first-order chi connectivity index (χ1) is 13.6. The third-order valence-electron chi connectivity index (χ3n) is 4.59. The third kappa shape index (κ3) is 3.71. The number of para-hydroxylation sites is 1. The SMILES string of the molecule is COc1ccc(S(=O)(=O)N2CC(n3cc(COc4ccccc4)nn3)C2)cc1. The van der Waals surface area contributed by atoms with Crippen LogP contribution in [-0.4, -0.2) is 47.9 Å². The number of nitrogens with zero attached hydrogens (tertiary/aromatic N) is 4. The summed E-state index contributed by atoms with van der Waals surface area (Å²) in [6.45, 7) is 1.03. The summed E-state index contributed by atoms with van der Waals surface area (Å²) >= 11 is 0. The minimum absolute atomic E-state index is 0.0361. The Hall–Kier alpha value is -2.91. The van der Waals surface area contributed by atoms with Crippen molar-refractivity contribution in [2.24, 2.45) is 0 Å². The van der Waals surface area contributed by atoms with Crippen LogP contribution < -0.4 is 9.47 Å². The average molecular weight is 400 g/mol. The third-order valence-corrected chi connectivity index (χ3v) is 6.43. The fourth-order valence-corrected chi connectivity index (χ4v) is 4.42. The molecule has 0 atom stereocenters. The summed E-state index contributed by atoms with van der Waals surface area (Å²) in [7, 11) is -1.97. The van der Waals surface area contributed by atoms with Gasteiger partial charge in [0.1, 0.15) is 23.8 Å². The molecule has 1 fully saturated rings. The molecule has 146 valence electrons. The molecular weight excluding hydrogens is 380 g/mol. The second kappa shape index (κ2) is 7.61. The normalized spacial score (nSPS) is 15.2. The number of aromatic nitrogens is 3. The Morgan fingerprint density at radius 2 is 1.75 bits per heavy atom. The fourth-order valence-electron chi connectivity index (χ4n) is 2.91. The molecular formula is C19H20N4O4S. The van der Waals surface area contributed by atoms with Gasteiger partial charge in [-0.1, -0.05) is 23.4 Å². The Balaban J connectivity index is 1.35. The number of methoxy groups -OCH3 is 1. The van der Waals surface area contributed by atoms with Gasteiger partial charge in [-0.25, -0.2) is 13.1 Å². The van der Waals surface area contributed by atoms with E-state index in [1.165, 1.54) is 4.31 Å². The molecule has 3 aromatic rings. The van der Waals surface area contributed by atoms with Crippen LogP contribution in [-0.2, 0) is 16.6 Å². The lowest BCUT2D eigenvalue weighted by Gasteiger charge is -2.37. The van der Waals surface area contributed by atoms with E-state index >= 15 is 0 Å². The van der Waals surface area contributed by atoms with Crippen molar-refractivity contribution in [3.05, 3.63) is 66.5 Å². The van der Waals surface area contributed by atoms with Gasteiger partial charge in [0.25, 0.3) is 0 Å². The van der Waals surface area contributed by atoms with E-state index < -0.39 is 10.0 Å². The van der Waals surface area contributed by atoms with Crippen LogP contribution in [0.15, 0.2) is 65.7 Å². The van der Waals surface area contributed by atoms with E-state index in [-0.39, 0.29) is 10.9 Å². The predicted molar refractivity (Wildman–Crippen MR) is 102 cm³/mol. The number of hydrogen-bond donors (Lipinski definition) is 0. The Labute approximate surface area is 163 Å². The van der Waals surface area contributed by atoms with Gasteiger partial charge < -0.3 is 9.47 Å². The molecule has 1 aliphatic heterocycles. The average Bonchev–Trinajstić information content (AvgIpc) is 3.14. The Kier molecular flexibility index (Phi) is 5.01. The summed E-state index contributed by atoms with van der Waals surface area (Å²) in [4.78, 5) is 0.252. The van der Waals surface area contributed by atoms with E-state index in [0.29, 0.717) is 31.1 Å². The first-order valence-corrected chi connectivity index (χ1v) is 10.2. The Morgan fingerprint density at radius 3 is 2.43 bits per heavy atom. The van der Waals surface area contributed by atoms with Crippen molar-refractivity contribution < 1.29 is 17.9 Å². The molecule has 0 unspecified atom stereocenters. The van der Waals surface area contributed by atoms with Gasteiger partial charge in [0.2, 0.25) is 10.0 Å². The molecule has 0 radical (unpaired) electrons. The molecule has 1 aromatic heterocycles. The number of benzene rings is 2. The number of hydrogen-bond acceptors (Lipinski definition) is 6. The zero-order chi connectivity index (χ0) is 19.6. The van der Waals surface area contributed by atoms with Gasteiger partial charge in [0.05, 0.1) is 24.2 Å². The van der Waals surface area contributed by atoms with Crippen molar-refractivity contribution in [1.29, 1.82) is 0 Å². The zero-order valence-corrected chi connectivity index (χ0v) is 16.1. The lowest BCUT2D eigenvalue weighted by atomic mass is 10.2. The quantitative estimate of drug-likeness (QED) is 0.604. The van der Waals surface area contributed by atoms with Crippen molar-refractivity contribution in [3.8, 4) is 11.5 Å². The topological polar surface area (TPSA) is 86.6 Å². The maximum atomic E-state index is 12.7. The van der Waals surface area contributed by atoms with E-state index in [1.807, 2.05) is 30.3 Å². The molecule has 0 N–H and O–H groups in total. The van der Waals surface area contributed by atoms with Crippen LogP contribution in [0.1, 0.15) is 11.7 Å². The first kappa shape index (κ1) is 18.5. The molecule has 28 heavy (non-hydrogen) atoms.